The number of aromatic carboxylic acids is 2. The molecule has 0 bridgehead atoms. The number of carboxylic acid groups (broad SMARTS) is 3. The van der Waals surface area contributed by atoms with Gasteiger partial charge in [-0.2, -0.15) is 0 Å². The van der Waals surface area contributed by atoms with Crippen molar-refractivity contribution in [1.29, 1.82) is 0 Å². The first kappa shape index (κ1) is 23.0. The number of rotatable bonds is 7. The van der Waals surface area contributed by atoms with Gasteiger partial charge in [-0.3, -0.25) is 9.69 Å². The topological polar surface area (TPSA) is 141 Å². The molecule has 2 aromatic rings. The van der Waals surface area contributed by atoms with E-state index in [-0.39, 0.29) is 26.0 Å². The third kappa shape index (κ3) is 4.95. The SMILES string of the molecule is CC(Oc1ccc(/C=C2\SC(=S)N(c3cc(C(=O)O)cc(C(=O)O)c3)C2=O)cc1)C(=O)O. The lowest BCUT2D eigenvalue weighted by atomic mass is 10.1. The predicted molar refractivity (Wildman–Crippen MR) is 120 cm³/mol. The molecule has 3 N–H and O–H groups in total. The molecular weight excluding hydrogens is 458 g/mol. The van der Waals surface area contributed by atoms with E-state index in [1.54, 1.807) is 30.3 Å². The summed E-state index contributed by atoms with van der Waals surface area (Å²) in [5.74, 6) is -3.96. The number of hydrogen-bond donors (Lipinski definition) is 3. The van der Waals surface area contributed by atoms with Crippen molar-refractivity contribution in [3.8, 4) is 5.75 Å². The fraction of sp³-hybridized carbons (Fsp3) is 0.0952. The zero-order valence-corrected chi connectivity index (χ0v) is 18.0. The number of benzene rings is 2. The molecule has 11 heteroatoms. The van der Waals surface area contributed by atoms with Gasteiger partial charge in [0.1, 0.15) is 5.75 Å². The summed E-state index contributed by atoms with van der Waals surface area (Å²) >= 11 is 6.24. The summed E-state index contributed by atoms with van der Waals surface area (Å²) in [4.78, 5) is 47.8. The van der Waals surface area contributed by atoms with Crippen molar-refractivity contribution in [2.75, 3.05) is 4.90 Å². The second kappa shape index (κ2) is 9.20. The normalized spacial score (nSPS) is 15.7. The molecule has 9 nitrogen and oxygen atoms in total. The summed E-state index contributed by atoms with van der Waals surface area (Å²) in [6, 6.07) is 9.73. The number of carbonyl (C=O) groups is 4. The number of carbonyl (C=O) groups excluding carboxylic acids is 1. The maximum atomic E-state index is 12.9. The molecule has 1 saturated heterocycles. The molecule has 1 atom stereocenters. The van der Waals surface area contributed by atoms with Crippen LogP contribution in [0, 0.1) is 0 Å². The molecule has 0 aliphatic carbocycles. The number of hydrogen-bond acceptors (Lipinski definition) is 7. The Morgan fingerprint density at radius 3 is 2.09 bits per heavy atom. The van der Waals surface area contributed by atoms with Crippen LogP contribution in [0.4, 0.5) is 5.69 Å². The van der Waals surface area contributed by atoms with Gasteiger partial charge in [0.2, 0.25) is 0 Å². The van der Waals surface area contributed by atoms with Gasteiger partial charge in [0.05, 0.1) is 21.7 Å². The summed E-state index contributed by atoms with van der Waals surface area (Å²) in [6.07, 6.45) is 0.539. The van der Waals surface area contributed by atoms with Crippen molar-refractivity contribution in [3.63, 3.8) is 0 Å². The lowest BCUT2D eigenvalue weighted by Crippen LogP contribution is -2.28. The number of thiocarbonyl (C=S) groups is 1. The molecular formula is C21H15NO8S2. The van der Waals surface area contributed by atoms with Gasteiger partial charge in [-0.25, -0.2) is 14.4 Å². The number of nitrogens with zero attached hydrogens (tertiary/aromatic N) is 1. The van der Waals surface area contributed by atoms with Gasteiger partial charge in [0, 0.05) is 0 Å². The Hall–Kier alpha value is -3.70. The van der Waals surface area contributed by atoms with Crippen molar-refractivity contribution < 1.29 is 39.2 Å². The van der Waals surface area contributed by atoms with Crippen LogP contribution in [0.2, 0.25) is 0 Å². The summed E-state index contributed by atoms with van der Waals surface area (Å²) in [6.45, 7) is 1.40. The molecule has 1 heterocycles. The molecule has 0 spiro atoms. The van der Waals surface area contributed by atoms with Crippen LogP contribution in [-0.2, 0) is 9.59 Å². The molecule has 0 saturated carbocycles. The highest BCUT2D eigenvalue weighted by Crippen LogP contribution is 2.37. The van der Waals surface area contributed by atoms with Gasteiger partial charge in [0.15, 0.2) is 10.4 Å². The quantitative estimate of drug-likeness (QED) is 0.405. The number of aliphatic carboxylic acids is 1. The number of carboxylic acids is 3. The van der Waals surface area contributed by atoms with Gasteiger partial charge in [-0.05, 0) is 48.9 Å². The summed E-state index contributed by atoms with van der Waals surface area (Å²) < 4.78 is 5.38. The first-order valence-electron chi connectivity index (χ1n) is 8.96. The summed E-state index contributed by atoms with van der Waals surface area (Å²) in [5, 5.41) is 27.4. The van der Waals surface area contributed by atoms with E-state index < -0.39 is 29.9 Å². The maximum absolute atomic E-state index is 12.9. The molecule has 3 rings (SSSR count). The number of anilines is 1. The van der Waals surface area contributed by atoms with Crippen LogP contribution in [0.5, 0.6) is 5.75 Å². The highest BCUT2D eigenvalue weighted by Gasteiger charge is 2.34. The zero-order valence-electron chi connectivity index (χ0n) is 16.3. The van der Waals surface area contributed by atoms with Gasteiger partial charge in [-0.1, -0.05) is 36.1 Å². The number of ether oxygens (including phenoxy) is 1. The standard InChI is InChI=1S/C21H15NO8S2/c1-10(18(24)25)30-15-4-2-11(3-5-15)6-16-17(23)22(21(31)32-16)14-8-12(19(26)27)7-13(9-14)20(28)29/h2-10H,1H3,(H,24,25)(H,26,27)(H,28,29)/b16-6-. The van der Waals surface area contributed by atoms with E-state index in [1.165, 1.54) is 19.1 Å². The largest absolute Gasteiger partial charge is 0.479 e. The predicted octanol–water partition coefficient (Wildman–Crippen LogP) is 3.34. The third-order valence-corrected chi connectivity index (χ3v) is 5.60. The van der Waals surface area contributed by atoms with Gasteiger partial charge < -0.3 is 20.1 Å². The highest BCUT2D eigenvalue weighted by molar-refractivity contribution is 8.27. The van der Waals surface area contributed by atoms with Crippen molar-refractivity contribution >= 4 is 63.9 Å². The average molecular weight is 473 g/mol. The van der Waals surface area contributed by atoms with Crippen molar-refractivity contribution in [1.82, 2.24) is 0 Å². The first-order valence-corrected chi connectivity index (χ1v) is 10.2. The van der Waals surface area contributed by atoms with Crippen LogP contribution in [0.1, 0.15) is 33.2 Å². The second-order valence-corrected chi connectivity index (χ2v) is 8.24. The first-order chi connectivity index (χ1) is 15.1. The van der Waals surface area contributed by atoms with Crippen molar-refractivity contribution in [2.24, 2.45) is 0 Å². The van der Waals surface area contributed by atoms with Crippen molar-refractivity contribution in [3.05, 3.63) is 64.1 Å². The van der Waals surface area contributed by atoms with Gasteiger partial charge in [-0.15, -0.1) is 0 Å². The molecule has 1 aliphatic rings. The van der Waals surface area contributed by atoms with Gasteiger partial charge >= 0.3 is 17.9 Å². The van der Waals surface area contributed by atoms with Crippen LogP contribution < -0.4 is 9.64 Å². The lowest BCUT2D eigenvalue weighted by molar-refractivity contribution is -0.144. The Balaban J connectivity index is 1.88. The molecule has 32 heavy (non-hydrogen) atoms. The summed E-state index contributed by atoms with van der Waals surface area (Å²) in [7, 11) is 0. The fourth-order valence-electron chi connectivity index (χ4n) is 2.73. The van der Waals surface area contributed by atoms with E-state index in [9.17, 15) is 29.4 Å². The minimum absolute atomic E-state index is 0.0413. The molecule has 1 unspecified atom stereocenters. The molecule has 1 amide bonds. The zero-order chi connectivity index (χ0) is 23.6. The van der Waals surface area contributed by atoms with E-state index in [1.807, 2.05) is 0 Å². The number of thioether (sulfide) groups is 1. The van der Waals surface area contributed by atoms with E-state index in [4.69, 9.17) is 22.1 Å². The Morgan fingerprint density at radius 2 is 1.59 bits per heavy atom. The fourth-order valence-corrected chi connectivity index (χ4v) is 4.03. The molecule has 0 aromatic heterocycles. The molecule has 1 fully saturated rings. The monoisotopic (exact) mass is 473 g/mol. The molecule has 1 aliphatic heterocycles. The van der Waals surface area contributed by atoms with Crippen LogP contribution in [0.15, 0.2) is 47.4 Å². The Morgan fingerprint density at radius 1 is 1.03 bits per heavy atom. The molecule has 164 valence electrons. The smallest absolute Gasteiger partial charge is 0.344 e. The Kier molecular flexibility index (Phi) is 6.61. The van der Waals surface area contributed by atoms with Crippen LogP contribution in [-0.4, -0.2) is 49.6 Å². The van der Waals surface area contributed by atoms with Crippen LogP contribution in [0.25, 0.3) is 6.08 Å². The minimum atomic E-state index is -1.34. The Labute approximate surface area is 190 Å². The highest BCUT2D eigenvalue weighted by atomic mass is 32.2. The van der Waals surface area contributed by atoms with Crippen molar-refractivity contribution in [2.45, 2.75) is 13.0 Å². The minimum Gasteiger partial charge on any atom is -0.479 e. The molecule has 2 aromatic carbocycles. The van der Waals surface area contributed by atoms with E-state index in [2.05, 4.69) is 0 Å². The number of amides is 1. The van der Waals surface area contributed by atoms with E-state index in [0.717, 1.165) is 22.7 Å². The average Bonchev–Trinajstić information content (AvgIpc) is 3.01. The van der Waals surface area contributed by atoms with Gasteiger partial charge in [0.25, 0.3) is 5.91 Å². The molecule has 0 radical (unpaired) electrons. The van der Waals surface area contributed by atoms with Crippen LogP contribution in [0.3, 0.4) is 0 Å². The second-order valence-electron chi connectivity index (χ2n) is 6.56. The van der Waals surface area contributed by atoms with Crippen LogP contribution >= 0.6 is 24.0 Å². The Bertz CT molecular complexity index is 1140. The van der Waals surface area contributed by atoms with E-state index in [0.29, 0.717) is 11.3 Å². The third-order valence-electron chi connectivity index (χ3n) is 4.30. The maximum Gasteiger partial charge on any atom is 0.344 e. The van der Waals surface area contributed by atoms with E-state index >= 15 is 0 Å². The summed E-state index contributed by atoms with van der Waals surface area (Å²) in [5.41, 5.74) is 0.0826. The lowest BCUT2D eigenvalue weighted by Gasteiger charge is -2.16.